The normalized spacial score (nSPS) is 10.6. The van der Waals surface area contributed by atoms with Crippen molar-refractivity contribution in [3.8, 4) is 0 Å². The molecule has 0 aromatic carbocycles. The Hall–Kier alpha value is -0.740. The van der Waals surface area contributed by atoms with Crippen LogP contribution in [0.2, 0.25) is 0 Å². The second-order valence-corrected chi connectivity index (χ2v) is 3.56. The summed E-state index contributed by atoms with van der Waals surface area (Å²) in [5, 5.41) is 1.87. The van der Waals surface area contributed by atoms with E-state index in [1.165, 1.54) is 18.4 Å². The van der Waals surface area contributed by atoms with Crippen molar-refractivity contribution in [2.45, 2.75) is 0 Å². The van der Waals surface area contributed by atoms with Gasteiger partial charge < -0.3 is 4.74 Å². The van der Waals surface area contributed by atoms with Gasteiger partial charge in [-0.15, -0.1) is 11.3 Å². The van der Waals surface area contributed by atoms with Crippen LogP contribution in [0.4, 0.5) is 0 Å². The maximum atomic E-state index is 11.2. The molecule has 0 saturated heterocycles. The first-order chi connectivity index (χ1) is 6.29. The molecule has 0 saturated carbocycles. The van der Waals surface area contributed by atoms with Crippen LogP contribution in [0.25, 0.3) is 6.08 Å². The van der Waals surface area contributed by atoms with E-state index in [1.54, 1.807) is 0 Å². The Balaban J connectivity index is 2.89. The third kappa shape index (κ3) is 2.60. The summed E-state index contributed by atoms with van der Waals surface area (Å²) in [6.07, 6.45) is 3.76. The molecular formula is C9H10O2S2. The number of carbonyl (C=O) groups excluding carboxylic acids is 1. The lowest BCUT2D eigenvalue weighted by atomic mass is 10.2. The molecule has 1 aromatic heterocycles. The fourth-order valence-electron chi connectivity index (χ4n) is 0.889. The number of thiophene rings is 1. The summed E-state index contributed by atoms with van der Waals surface area (Å²) in [5.74, 6) is 0.380. The molecule has 1 aromatic rings. The Kier molecular flexibility index (Phi) is 4.05. The standard InChI is InChI=1S/C9H10O2S2/c1-11-9(10)8-7(3-2-5-12)4-6-13-8/h2-4,6,12H,5H2,1H3. The van der Waals surface area contributed by atoms with Crippen molar-refractivity contribution in [3.63, 3.8) is 0 Å². The van der Waals surface area contributed by atoms with E-state index in [4.69, 9.17) is 0 Å². The lowest BCUT2D eigenvalue weighted by Crippen LogP contribution is -1.99. The van der Waals surface area contributed by atoms with Crippen LogP contribution in [0.1, 0.15) is 15.2 Å². The van der Waals surface area contributed by atoms with Crippen LogP contribution in [-0.4, -0.2) is 18.8 Å². The molecule has 2 nitrogen and oxygen atoms in total. The average Bonchev–Trinajstić information content (AvgIpc) is 2.61. The van der Waals surface area contributed by atoms with Gasteiger partial charge in [-0.05, 0) is 17.0 Å². The first kappa shape index (κ1) is 10.3. The first-order valence-corrected chi connectivity index (χ1v) is 5.24. The number of rotatable bonds is 3. The average molecular weight is 214 g/mol. The molecule has 4 heteroatoms. The summed E-state index contributed by atoms with van der Waals surface area (Å²) in [6.45, 7) is 0. The monoisotopic (exact) mass is 214 g/mol. The fourth-order valence-corrected chi connectivity index (χ4v) is 1.80. The van der Waals surface area contributed by atoms with Crippen molar-refractivity contribution in [3.05, 3.63) is 28.0 Å². The molecule has 0 amide bonds. The molecule has 0 bridgehead atoms. The predicted molar refractivity (Wildman–Crippen MR) is 58.5 cm³/mol. The number of carbonyl (C=O) groups is 1. The molecule has 0 spiro atoms. The number of hydrogen-bond donors (Lipinski definition) is 1. The van der Waals surface area contributed by atoms with Gasteiger partial charge in [0, 0.05) is 5.75 Å². The van der Waals surface area contributed by atoms with Gasteiger partial charge in [0.1, 0.15) is 4.88 Å². The molecule has 1 rings (SSSR count). The Labute approximate surface area is 86.6 Å². The van der Waals surface area contributed by atoms with Crippen molar-refractivity contribution in [1.82, 2.24) is 0 Å². The van der Waals surface area contributed by atoms with Crippen molar-refractivity contribution >= 4 is 36.0 Å². The van der Waals surface area contributed by atoms with Gasteiger partial charge in [-0.2, -0.15) is 12.6 Å². The zero-order valence-corrected chi connectivity index (χ0v) is 8.90. The first-order valence-electron chi connectivity index (χ1n) is 3.72. The summed E-state index contributed by atoms with van der Waals surface area (Å²) in [5.41, 5.74) is 0.894. The molecule has 13 heavy (non-hydrogen) atoms. The summed E-state index contributed by atoms with van der Waals surface area (Å²) in [7, 11) is 1.38. The Morgan fingerprint density at radius 1 is 1.77 bits per heavy atom. The minimum absolute atomic E-state index is 0.284. The van der Waals surface area contributed by atoms with Crippen LogP contribution in [-0.2, 0) is 4.74 Å². The summed E-state index contributed by atoms with van der Waals surface area (Å²) >= 11 is 5.42. The van der Waals surface area contributed by atoms with E-state index in [9.17, 15) is 4.79 Å². The van der Waals surface area contributed by atoms with Crippen molar-refractivity contribution in [1.29, 1.82) is 0 Å². The Morgan fingerprint density at radius 2 is 2.54 bits per heavy atom. The van der Waals surface area contributed by atoms with Crippen LogP contribution in [0, 0.1) is 0 Å². The molecule has 0 aliphatic rings. The molecule has 0 aliphatic carbocycles. The Morgan fingerprint density at radius 3 is 3.15 bits per heavy atom. The predicted octanol–water partition coefficient (Wildman–Crippen LogP) is 2.48. The number of hydrogen-bond acceptors (Lipinski definition) is 4. The van der Waals surface area contributed by atoms with Crippen molar-refractivity contribution in [2.24, 2.45) is 0 Å². The number of thiol groups is 1. The minimum Gasteiger partial charge on any atom is -0.465 e. The zero-order chi connectivity index (χ0) is 9.68. The maximum absolute atomic E-state index is 11.2. The largest absolute Gasteiger partial charge is 0.465 e. The van der Waals surface area contributed by atoms with Gasteiger partial charge in [-0.25, -0.2) is 4.79 Å². The van der Waals surface area contributed by atoms with Crippen LogP contribution < -0.4 is 0 Å². The summed E-state index contributed by atoms with van der Waals surface area (Å²) in [4.78, 5) is 11.8. The lowest BCUT2D eigenvalue weighted by molar-refractivity contribution is 0.0606. The molecule has 0 radical (unpaired) electrons. The van der Waals surface area contributed by atoms with E-state index < -0.39 is 0 Å². The highest BCUT2D eigenvalue weighted by Crippen LogP contribution is 2.19. The van der Waals surface area contributed by atoms with E-state index in [1.807, 2.05) is 23.6 Å². The van der Waals surface area contributed by atoms with Gasteiger partial charge in [-0.3, -0.25) is 0 Å². The molecule has 1 heterocycles. The fraction of sp³-hybridized carbons (Fsp3) is 0.222. The third-order valence-corrected chi connectivity index (χ3v) is 2.59. The highest BCUT2D eigenvalue weighted by Gasteiger charge is 2.10. The highest BCUT2D eigenvalue weighted by atomic mass is 32.1. The maximum Gasteiger partial charge on any atom is 0.348 e. The molecule has 0 aliphatic heterocycles. The summed E-state index contributed by atoms with van der Waals surface area (Å²) < 4.78 is 4.63. The van der Waals surface area contributed by atoms with Crippen LogP contribution in [0.15, 0.2) is 17.5 Å². The van der Waals surface area contributed by atoms with E-state index in [-0.39, 0.29) is 5.97 Å². The molecule has 0 unspecified atom stereocenters. The molecule has 0 atom stereocenters. The Bertz CT molecular complexity index is 315. The molecule has 0 N–H and O–H groups in total. The zero-order valence-electron chi connectivity index (χ0n) is 7.19. The minimum atomic E-state index is -0.284. The van der Waals surface area contributed by atoms with Gasteiger partial charge in [0.05, 0.1) is 7.11 Å². The molecular weight excluding hydrogens is 204 g/mol. The second kappa shape index (κ2) is 5.09. The van der Waals surface area contributed by atoms with Crippen LogP contribution in [0.5, 0.6) is 0 Å². The number of methoxy groups -OCH3 is 1. The number of ether oxygens (including phenoxy) is 1. The topological polar surface area (TPSA) is 26.3 Å². The van der Waals surface area contributed by atoms with Gasteiger partial charge in [-0.1, -0.05) is 12.2 Å². The second-order valence-electron chi connectivity index (χ2n) is 2.28. The smallest absolute Gasteiger partial charge is 0.348 e. The van der Waals surface area contributed by atoms with Gasteiger partial charge in [0.15, 0.2) is 0 Å². The molecule has 0 fully saturated rings. The van der Waals surface area contributed by atoms with Crippen LogP contribution in [0.3, 0.4) is 0 Å². The van der Waals surface area contributed by atoms with Crippen molar-refractivity contribution < 1.29 is 9.53 Å². The SMILES string of the molecule is COC(=O)c1sccc1C=CCS. The number of esters is 1. The van der Waals surface area contributed by atoms with Gasteiger partial charge >= 0.3 is 5.97 Å². The van der Waals surface area contributed by atoms with Gasteiger partial charge in [0.2, 0.25) is 0 Å². The quantitative estimate of drug-likeness (QED) is 0.618. The van der Waals surface area contributed by atoms with Crippen molar-refractivity contribution in [2.75, 3.05) is 12.9 Å². The lowest BCUT2D eigenvalue weighted by Gasteiger charge is -1.96. The third-order valence-electron chi connectivity index (χ3n) is 1.47. The molecule has 70 valence electrons. The van der Waals surface area contributed by atoms with Crippen LogP contribution >= 0.6 is 24.0 Å². The van der Waals surface area contributed by atoms with E-state index in [0.717, 1.165) is 5.56 Å². The van der Waals surface area contributed by atoms with E-state index >= 15 is 0 Å². The van der Waals surface area contributed by atoms with Gasteiger partial charge in [0.25, 0.3) is 0 Å². The van der Waals surface area contributed by atoms with E-state index in [0.29, 0.717) is 10.6 Å². The summed E-state index contributed by atoms with van der Waals surface area (Å²) in [6, 6.07) is 1.89. The van der Waals surface area contributed by atoms with E-state index in [2.05, 4.69) is 17.4 Å². The highest BCUT2D eigenvalue weighted by molar-refractivity contribution is 7.80.